The van der Waals surface area contributed by atoms with Gasteiger partial charge in [0.05, 0.1) is 0 Å². The van der Waals surface area contributed by atoms with Crippen molar-refractivity contribution in [3.05, 3.63) is 57.3 Å². The lowest BCUT2D eigenvalue weighted by molar-refractivity contribution is 0.442. The number of rotatable bonds is 3. The number of alkyl halides is 1. The normalized spacial score (nSPS) is 10.4. The summed E-state index contributed by atoms with van der Waals surface area (Å²) >= 11 is 12.6. The number of hydrogen-bond donors (Lipinski definition) is 0. The van der Waals surface area contributed by atoms with Crippen molar-refractivity contribution >= 4 is 43.5 Å². The van der Waals surface area contributed by atoms with E-state index >= 15 is 0 Å². The molecule has 0 bridgehead atoms. The second-order valence-electron chi connectivity index (χ2n) is 3.56. The molecular weight excluding hydrogens is 386 g/mol. The Morgan fingerprint density at radius 3 is 2.56 bits per heavy atom. The van der Waals surface area contributed by atoms with Gasteiger partial charge >= 0.3 is 0 Å². The van der Waals surface area contributed by atoms with Gasteiger partial charge in [-0.1, -0.05) is 49.5 Å². The third kappa shape index (κ3) is 3.25. The first-order valence-electron chi connectivity index (χ1n) is 5.07. The minimum atomic E-state index is -0.426. The lowest BCUT2D eigenvalue weighted by Crippen LogP contribution is -1.89. The van der Waals surface area contributed by atoms with E-state index in [1.807, 2.05) is 6.07 Å². The zero-order valence-electron chi connectivity index (χ0n) is 9.09. The van der Waals surface area contributed by atoms with Crippen LogP contribution in [0.3, 0.4) is 0 Å². The third-order valence-corrected chi connectivity index (χ3v) is 3.74. The maximum atomic E-state index is 13.6. The van der Waals surface area contributed by atoms with Crippen LogP contribution in [-0.4, -0.2) is 0 Å². The van der Waals surface area contributed by atoms with Crippen molar-refractivity contribution < 1.29 is 9.13 Å². The quantitative estimate of drug-likeness (QED) is 0.587. The van der Waals surface area contributed by atoms with Crippen molar-refractivity contribution in [2.45, 2.75) is 5.33 Å². The summed E-state index contributed by atoms with van der Waals surface area (Å²) in [7, 11) is 0. The molecule has 0 heterocycles. The van der Waals surface area contributed by atoms with E-state index in [2.05, 4.69) is 31.9 Å². The summed E-state index contributed by atoms with van der Waals surface area (Å²) in [6, 6.07) is 9.88. The highest BCUT2D eigenvalue weighted by atomic mass is 79.9. The molecule has 0 aliphatic heterocycles. The molecule has 0 saturated heterocycles. The Kier molecular flexibility index (Phi) is 4.65. The van der Waals surface area contributed by atoms with E-state index in [1.165, 1.54) is 6.07 Å². The Balaban J connectivity index is 2.26. The van der Waals surface area contributed by atoms with Gasteiger partial charge in [0.1, 0.15) is 5.75 Å². The van der Waals surface area contributed by atoms with E-state index in [4.69, 9.17) is 16.3 Å². The van der Waals surface area contributed by atoms with Crippen molar-refractivity contribution in [1.29, 1.82) is 0 Å². The fourth-order valence-corrected chi connectivity index (χ4v) is 2.61. The van der Waals surface area contributed by atoms with Crippen LogP contribution in [0.4, 0.5) is 4.39 Å². The predicted octanol–water partition coefficient (Wildman–Crippen LogP) is 5.93. The summed E-state index contributed by atoms with van der Waals surface area (Å²) in [6.07, 6.45) is 0. The Morgan fingerprint density at radius 1 is 1.17 bits per heavy atom. The molecule has 0 aliphatic carbocycles. The number of benzene rings is 2. The summed E-state index contributed by atoms with van der Waals surface area (Å²) < 4.78 is 19.7. The van der Waals surface area contributed by atoms with Crippen LogP contribution in [0.15, 0.2) is 40.9 Å². The fourth-order valence-electron chi connectivity index (χ4n) is 1.38. The smallest absolute Gasteiger partial charge is 0.166 e. The van der Waals surface area contributed by atoms with Crippen molar-refractivity contribution in [1.82, 2.24) is 0 Å². The first-order chi connectivity index (χ1) is 8.60. The Morgan fingerprint density at radius 2 is 1.94 bits per heavy atom. The molecule has 0 aromatic heterocycles. The van der Waals surface area contributed by atoms with Gasteiger partial charge in [-0.05, 0) is 35.9 Å². The van der Waals surface area contributed by atoms with Gasteiger partial charge in [-0.2, -0.15) is 0 Å². The minimum absolute atomic E-state index is 0.167. The van der Waals surface area contributed by atoms with Crippen LogP contribution in [0.25, 0.3) is 0 Å². The molecule has 5 heteroatoms. The number of halogens is 4. The summed E-state index contributed by atoms with van der Waals surface area (Å²) in [4.78, 5) is 0. The van der Waals surface area contributed by atoms with Crippen LogP contribution < -0.4 is 4.74 Å². The van der Waals surface area contributed by atoms with Crippen molar-refractivity contribution in [3.63, 3.8) is 0 Å². The average molecular weight is 394 g/mol. The van der Waals surface area contributed by atoms with Crippen LogP contribution in [0.5, 0.6) is 11.5 Å². The number of hydrogen-bond acceptors (Lipinski definition) is 1. The zero-order chi connectivity index (χ0) is 13.1. The molecule has 0 N–H and O–H groups in total. The van der Waals surface area contributed by atoms with Gasteiger partial charge in [-0.25, -0.2) is 4.39 Å². The monoisotopic (exact) mass is 392 g/mol. The first kappa shape index (κ1) is 13.8. The van der Waals surface area contributed by atoms with E-state index in [1.54, 1.807) is 24.3 Å². The molecule has 0 unspecified atom stereocenters. The van der Waals surface area contributed by atoms with Crippen LogP contribution in [0.1, 0.15) is 5.56 Å². The Hall–Kier alpha value is -0.580. The maximum absolute atomic E-state index is 13.6. The minimum Gasteiger partial charge on any atom is -0.454 e. The van der Waals surface area contributed by atoms with Gasteiger partial charge < -0.3 is 4.74 Å². The molecule has 2 aromatic carbocycles. The van der Waals surface area contributed by atoms with Gasteiger partial charge in [0, 0.05) is 14.8 Å². The molecule has 94 valence electrons. The van der Waals surface area contributed by atoms with E-state index in [0.29, 0.717) is 20.6 Å². The number of ether oxygens (including phenoxy) is 1. The van der Waals surface area contributed by atoms with Gasteiger partial charge in [0.25, 0.3) is 0 Å². The lowest BCUT2D eigenvalue weighted by Gasteiger charge is -2.08. The van der Waals surface area contributed by atoms with Crippen molar-refractivity contribution in [2.24, 2.45) is 0 Å². The molecule has 2 aromatic rings. The molecule has 1 nitrogen and oxygen atoms in total. The van der Waals surface area contributed by atoms with E-state index < -0.39 is 5.82 Å². The molecule has 18 heavy (non-hydrogen) atoms. The lowest BCUT2D eigenvalue weighted by atomic mass is 10.2. The van der Waals surface area contributed by atoms with Gasteiger partial charge in [-0.3, -0.25) is 0 Å². The molecule has 0 spiro atoms. The highest BCUT2D eigenvalue weighted by molar-refractivity contribution is 9.10. The molecular formula is C13H8Br2ClFO. The Labute approximate surface area is 126 Å². The van der Waals surface area contributed by atoms with Crippen LogP contribution in [-0.2, 0) is 5.33 Å². The Bertz CT molecular complexity index is 575. The summed E-state index contributed by atoms with van der Waals surface area (Å²) in [5, 5.41) is 1.25. The van der Waals surface area contributed by atoms with Crippen LogP contribution >= 0.6 is 43.5 Å². The summed E-state index contributed by atoms with van der Waals surface area (Å²) in [6.45, 7) is 0. The van der Waals surface area contributed by atoms with Gasteiger partial charge in [-0.15, -0.1) is 0 Å². The molecule has 0 atom stereocenters. The topological polar surface area (TPSA) is 9.23 Å². The molecule has 0 fully saturated rings. The summed E-state index contributed by atoms with van der Waals surface area (Å²) in [5.41, 5.74) is 0.959. The average Bonchev–Trinajstić information content (AvgIpc) is 2.33. The first-order valence-corrected chi connectivity index (χ1v) is 7.36. The van der Waals surface area contributed by atoms with Crippen molar-refractivity contribution in [3.8, 4) is 11.5 Å². The highest BCUT2D eigenvalue weighted by Gasteiger charge is 2.07. The second kappa shape index (κ2) is 6.04. The predicted molar refractivity (Wildman–Crippen MR) is 78.3 cm³/mol. The molecule has 0 amide bonds. The SMILES string of the molecule is Fc1cc(Br)ccc1Oc1ccc(CBr)c(Cl)c1. The van der Waals surface area contributed by atoms with E-state index in [-0.39, 0.29) is 5.75 Å². The van der Waals surface area contributed by atoms with Gasteiger partial charge in [0.2, 0.25) is 0 Å². The maximum Gasteiger partial charge on any atom is 0.166 e. The van der Waals surface area contributed by atoms with E-state index in [0.717, 1.165) is 5.56 Å². The van der Waals surface area contributed by atoms with Crippen LogP contribution in [0, 0.1) is 5.82 Å². The molecule has 0 aliphatic rings. The largest absolute Gasteiger partial charge is 0.454 e. The highest BCUT2D eigenvalue weighted by Crippen LogP contribution is 2.30. The van der Waals surface area contributed by atoms with Crippen LogP contribution in [0.2, 0.25) is 5.02 Å². The molecule has 0 saturated carbocycles. The third-order valence-electron chi connectivity index (χ3n) is 2.29. The second-order valence-corrected chi connectivity index (χ2v) is 5.45. The molecule has 0 radical (unpaired) electrons. The standard InChI is InChI=1S/C13H8Br2ClFO/c14-7-8-1-3-10(6-11(8)16)18-13-4-2-9(15)5-12(13)17/h1-6H,7H2. The molecule has 2 rings (SSSR count). The fraction of sp³-hybridized carbons (Fsp3) is 0.0769. The van der Waals surface area contributed by atoms with Gasteiger partial charge in [0.15, 0.2) is 11.6 Å². The zero-order valence-corrected chi connectivity index (χ0v) is 13.0. The summed E-state index contributed by atoms with van der Waals surface area (Å²) in [5.74, 6) is 0.247. The van der Waals surface area contributed by atoms with Crippen molar-refractivity contribution in [2.75, 3.05) is 0 Å². The van der Waals surface area contributed by atoms with E-state index in [9.17, 15) is 4.39 Å².